The Kier molecular flexibility index (Phi) is 8.22. The maximum atomic E-state index is 11.5. The third-order valence-corrected chi connectivity index (χ3v) is 5.64. The summed E-state index contributed by atoms with van der Waals surface area (Å²) in [4.78, 5) is 31.7. The number of halogens is 1. The minimum atomic E-state index is -0.320. The van der Waals surface area contributed by atoms with E-state index in [-0.39, 0.29) is 24.8 Å². The van der Waals surface area contributed by atoms with Crippen LogP contribution < -0.4 is 11.5 Å². The first-order valence-corrected chi connectivity index (χ1v) is 11.6. The first-order chi connectivity index (χ1) is 16.7. The smallest absolute Gasteiger partial charge is 0.310 e. The molecule has 35 heavy (non-hydrogen) atoms. The predicted molar refractivity (Wildman–Crippen MR) is 133 cm³/mol. The maximum absolute atomic E-state index is 11.5. The number of rotatable bonds is 6. The van der Waals surface area contributed by atoms with Crippen molar-refractivity contribution in [2.24, 2.45) is 0 Å². The van der Waals surface area contributed by atoms with E-state index < -0.39 is 0 Å². The Morgan fingerprint density at radius 3 is 2.03 bits per heavy atom. The predicted octanol–water partition coefficient (Wildman–Crippen LogP) is 2.21. The van der Waals surface area contributed by atoms with E-state index in [4.69, 9.17) is 20.9 Å². The molecule has 0 atom stereocenters. The molecule has 0 aliphatic rings. The Morgan fingerprint density at radius 2 is 1.46 bits per heavy atom. The lowest BCUT2D eigenvalue weighted by molar-refractivity contribution is -0.143. The molecule has 4 heterocycles. The van der Waals surface area contributed by atoms with E-state index in [2.05, 4.69) is 36.1 Å². The number of ether oxygens (including phenoxy) is 2. The summed E-state index contributed by atoms with van der Waals surface area (Å²) in [5.41, 5.74) is 16.0. The molecular formula is C22H27BrN8O4. The van der Waals surface area contributed by atoms with E-state index in [9.17, 15) is 9.59 Å². The summed E-state index contributed by atoms with van der Waals surface area (Å²) in [6.07, 6.45) is 3.46. The first-order valence-electron chi connectivity index (χ1n) is 10.9. The number of nitrogens with two attached hydrogens (primary N) is 2. The highest BCUT2D eigenvalue weighted by Gasteiger charge is 2.17. The van der Waals surface area contributed by atoms with Crippen LogP contribution in [0.3, 0.4) is 0 Å². The van der Waals surface area contributed by atoms with Crippen LogP contribution in [0.4, 0.5) is 11.6 Å². The molecule has 12 nitrogen and oxygen atoms in total. The van der Waals surface area contributed by atoms with Crippen molar-refractivity contribution in [3.8, 4) is 0 Å². The molecule has 0 unspecified atom stereocenters. The summed E-state index contributed by atoms with van der Waals surface area (Å²) < 4.78 is 13.6. The van der Waals surface area contributed by atoms with Crippen molar-refractivity contribution < 1.29 is 19.1 Å². The molecule has 13 heteroatoms. The van der Waals surface area contributed by atoms with E-state index in [0.29, 0.717) is 53.0 Å². The Balaban J connectivity index is 0.000000196. The standard InChI is InChI=1S/C11H13BrN4O2.C11H14N4O2/c1-3-18-9(17)4-7-6(2)15-11-8(12)5-14-16(11)10(7)13;1-3-17-10(16)6-8-7(2)14-9-4-5-13-15(9)11(8)12/h5H,3-4,13H2,1-2H3;4-5H,3,6,12H2,1-2H3. The summed E-state index contributed by atoms with van der Waals surface area (Å²) in [6.45, 7) is 7.86. The van der Waals surface area contributed by atoms with Gasteiger partial charge < -0.3 is 20.9 Å². The normalized spacial score (nSPS) is 10.8. The van der Waals surface area contributed by atoms with Gasteiger partial charge in [0.2, 0.25) is 0 Å². The second-order valence-electron chi connectivity index (χ2n) is 7.41. The molecule has 0 spiro atoms. The summed E-state index contributed by atoms with van der Waals surface area (Å²) in [7, 11) is 0. The van der Waals surface area contributed by atoms with Gasteiger partial charge in [-0.25, -0.2) is 9.97 Å². The van der Waals surface area contributed by atoms with Gasteiger partial charge in [0.1, 0.15) is 11.6 Å². The second kappa shape index (κ2) is 11.1. The number of aromatic nitrogens is 6. The zero-order chi connectivity index (χ0) is 25.7. The minimum Gasteiger partial charge on any atom is -0.466 e. The molecular weight excluding hydrogens is 520 g/mol. The lowest BCUT2D eigenvalue weighted by Gasteiger charge is -2.10. The molecule has 0 aliphatic carbocycles. The molecule has 0 radical (unpaired) electrons. The van der Waals surface area contributed by atoms with Gasteiger partial charge in [-0.3, -0.25) is 9.59 Å². The molecule has 4 N–H and O–H groups in total. The largest absolute Gasteiger partial charge is 0.466 e. The van der Waals surface area contributed by atoms with Crippen molar-refractivity contribution in [2.45, 2.75) is 40.5 Å². The molecule has 0 aliphatic heterocycles. The van der Waals surface area contributed by atoms with Crippen LogP contribution in [0.1, 0.15) is 36.4 Å². The van der Waals surface area contributed by atoms with Crippen LogP contribution in [-0.2, 0) is 31.9 Å². The zero-order valence-electron chi connectivity index (χ0n) is 19.9. The number of carbonyl (C=O) groups excluding carboxylic acids is 2. The Hall–Kier alpha value is -3.74. The van der Waals surface area contributed by atoms with Crippen molar-refractivity contribution in [2.75, 3.05) is 24.7 Å². The lowest BCUT2D eigenvalue weighted by Crippen LogP contribution is -2.14. The van der Waals surface area contributed by atoms with E-state index in [1.54, 1.807) is 32.3 Å². The van der Waals surface area contributed by atoms with Crippen LogP contribution in [-0.4, -0.2) is 54.3 Å². The van der Waals surface area contributed by atoms with Crippen molar-refractivity contribution >= 4 is 50.8 Å². The highest BCUT2D eigenvalue weighted by Crippen LogP contribution is 2.23. The van der Waals surface area contributed by atoms with E-state index in [0.717, 1.165) is 10.2 Å². The highest BCUT2D eigenvalue weighted by molar-refractivity contribution is 9.10. The first kappa shape index (κ1) is 25.9. The number of fused-ring (bicyclic) bond motifs is 2. The quantitative estimate of drug-likeness (QED) is 0.342. The van der Waals surface area contributed by atoms with Crippen LogP contribution in [0.25, 0.3) is 11.3 Å². The molecule has 4 rings (SSSR count). The van der Waals surface area contributed by atoms with E-state index in [1.807, 2.05) is 13.8 Å². The fourth-order valence-electron chi connectivity index (χ4n) is 3.41. The Morgan fingerprint density at radius 1 is 0.914 bits per heavy atom. The van der Waals surface area contributed by atoms with E-state index in [1.165, 1.54) is 9.03 Å². The van der Waals surface area contributed by atoms with Crippen LogP contribution >= 0.6 is 15.9 Å². The van der Waals surface area contributed by atoms with Gasteiger partial charge in [0.05, 0.1) is 42.9 Å². The van der Waals surface area contributed by atoms with Gasteiger partial charge in [0, 0.05) is 28.6 Å². The van der Waals surface area contributed by atoms with Crippen molar-refractivity contribution in [3.05, 3.63) is 45.4 Å². The number of anilines is 2. The molecule has 4 aromatic heterocycles. The zero-order valence-corrected chi connectivity index (χ0v) is 21.5. The van der Waals surface area contributed by atoms with Crippen LogP contribution in [0.15, 0.2) is 22.9 Å². The van der Waals surface area contributed by atoms with Crippen molar-refractivity contribution in [1.29, 1.82) is 0 Å². The lowest BCUT2D eigenvalue weighted by atomic mass is 10.1. The third-order valence-electron chi connectivity index (χ3n) is 5.08. The minimum absolute atomic E-state index is 0.103. The van der Waals surface area contributed by atoms with Crippen LogP contribution in [0.5, 0.6) is 0 Å². The van der Waals surface area contributed by atoms with Gasteiger partial charge in [-0.1, -0.05) is 0 Å². The molecule has 0 bridgehead atoms. The molecule has 0 aromatic carbocycles. The Bertz CT molecular complexity index is 1380. The van der Waals surface area contributed by atoms with Crippen LogP contribution in [0, 0.1) is 13.8 Å². The molecule has 0 amide bonds. The van der Waals surface area contributed by atoms with Gasteiger partial charge >= 0.3 is 11.9 Å². The molecule has 0 fully saturated rings. The number of aryl methyl sites for hydroxylation is 2. The number of esters is 2. The average Bonchev–Trinajstić information content (AvgIpc) is 3.42. The molecule has 0 saturated carbocycles. The number of carbonyl (C=O) groups is 2. The fraction of sp³-hybridized carbons (Fsp3) is 0.364. The summed E-state index contributed by atoms with van der Waals surface area (Å²) in [5, 5.41) is 8.15. The highest BCUT2D eigenvalue weighted by atomic mass is 79.9. The number of nitrogens with zero attached hydrogens (tertiary/aromatic N) is 6. The maximum Gasteiger partial charge on any atom is 0.310 e. The van der Waals surface area contributed by atoms with E-state index >= 15 is 0 Å². The van der Waals surface area contributed by atoms with Crippen LogP contribution in [0.2, 0.25) is 0 Å². The summed E-state index contributed by atoms with van der Waals surface area (Å²) >= 11 is 3.34. The van der Waals surface area contributed by atoms with Gasteiger partial charge in [0.25, 0.3) is 0 Å². The van der Waals surface area contributed by atoms with Gasteiger partial charge in [-0.2, -0.15) is 19.2 Å². The molecule has 0 saturated heterocycles. The SMILES string of the molecule is CCOC(=O)Cc1c(C)nc2c(Br)cnn2c1N.CCOC(=O)Cc1c(C)nc2ccnn2c1N. The number of nitrogen functional groups attached to an aromatic ring is 2. The number of hydrogen-bond acceptors (Lipinski definition) is 10. The fourth-order valence-corrected chi connectivity index (χ4v) is 3.76. The van der Waals surface area contributed by atoms with Crippen molar-refractivity contribution in [3.63, 3.8) is 0 Å². The van der Waals surface area contributed by atoms with Crippen molar-refractivity contribution in [1.82, 2.24) is 29.2 Å². The summed E-state index contributed by atoms with van der Waals surface area (Å²) in [6, 6.07) is 1.76. The monoisotopic (exact) mass is 546 g/mol. The van der Waals surface area contributed by atoms with Gasteiger partial charge in [-0.15, -0.1) is 0 Å². The molecule has 4 aromatic rings. The average molecular weight is 547 g/mol. The van der Waals surface area contributed by atoms with Gasteiger partial charge in [0.15, 0.2) is 11.3 Å². The second-order valence-corrected chi connectivity index (χ2v) is 8.27. The number of hydrogen-bond donors (Lipinski definition) is 2. The third kappa shape index (κ3) is 5.67. The Labute approximate surface area is 209 Å². The molecule has 186 valence electrons. The van der Waals surface area contributed by atoms with Gasteiger partial charge in [-0.05, 0) is 43.6 Å². The topological polar surface area (TPSA) is 165 Å². The summed E-state index contributed by atoms with van der Waals surface area (Å²) in [5.74, 6) is 0.220.